The number of hydrogen-bond donors (Lipinski definition) is 2. The highest BCUT2D eigenvalue weighted by Crippen LogP contribution is 2.53. The van der Waals surface area contributed by atoms with Gasteiger partial charge in [-0.3, -0.25) is 4.79 Å². The molecule has 6 rings (SSSR count). The fourth-order valence-electron chi connectivity index (χ4n) is 5.42. The van der Waals surface area contributed by atoms with Crippen molar-refractivity contribution in [3.05, 3.63) is 63.4 Å². The molecule has 3 aliphatic heterocycles. The monoisotopic (exact) mass is 514 g/mol. The van der Waals surface area contributed by atoms with Crippen LogP contribution in [0.25, 0.3) is 29.0 Å². The van der Waals surface area contributed by atoms with Crippen LogP contribution in [0, 0.1) is 0 Å². The lowest BCUT2D eigenvalue weighted by Gasteiger charge is -2.33. The number of aromatic hydroxyl groups is 1. The van der Waals surface area contributed by atoms with Crippen molar-refractivity contribution < 1.29 is 19.4 Å². The molecule has 2 aromatic carbocycles. The summed E-state index contributed by atoms with van der Waals surface area (Å²) in [6, 6.07) is 9.36. The van der Waals surface area contributed by atoms with E-state index in [0.29, 0.717) is 28.4 Å². The zero-order valence-electron chi connectivity index (χ0n) is 21.3. The van der Waals surface area contributed by atoms with Gasteiger partial charge in [-0.05, 0) is 68.8 Å². The van der Waals surface area contributed by atoms with Crippen molar-refractivity contribution in [1.82, 2.24) is 4.90 Å². The van der Waals surface area contributed by atoms with Crippen LogP contribution in [0.1, 0.15) is 59.5 Å². The molecule has 0 atom stereocenters. The molecule has 0 radical (unpaired) electrons. The van der Waals surface area contributed by atoms with Gasteiger partial charge in [-0.15, -0.1) is 11.3 Å². The van der Waals surface area contributed by atoms with Gasteiger partial charge >= 0.3 is 0 Å². The van der Waals surface area contributed by atoms with E-state index >= 15 is 0 Å². The van der Waals surface area contributed by atoms with E-state index in [2.05, 4.69) is 37.4 Å². The number of phenols is 1. The SMILES string of the molecule is COc1c(O)ccc2c1-c1ccc3c(c1/C(=C/c1sccc1C(=O)N1CCCCC1)O2)C=CC(C)(C)N3. The van der Waals surface area contributed by atoms with Crippen molar-refractivity contribution in [2.24, 2.45) is 0 Å². The minimum atomic E-state index is -0.184. The number of nitrogens with one attached hydrogen (secondary N) is 1. The quantitative estimate of drug-likeness (QED) is 0.399. The van der Waals surface area contributed by atoms with Crippen molar-refractivity contribution in [3.63, 3.8) is 0 Å². The summed E-state index contributed by atoms with van der Waals surface area (Å²) >= 11 is 1.54. The lowest BCUT2D eigenvalue weighted by molar-refractivity contribution is 0.0724. The van der Waals surface area contributed by atoms with Gasteiger partial charge in [0, 0.05) is 40.3 Å². The molecule has 1 fully saturated rings. The maximum atomic E-state index is 13.4. The van der Waals surface area contributed by atoms with Crippen LogP contribution >= 0.6 is 11.3 Å². The molecule has 0 unspecified atom stereocenters. The molecule has 0 bridgehead atoms. The molecule has 7 heteroatoms. The highest BCUT2D eigenvalue weighted by molar-refractivity contribution is 7.11. The van der Waals surface area contributed by atoms with Crippen LogP contribution in [0.15, 0.2) is 41.8 Å². The van der Waals surface area contributed by atoms with Gasteiger partial charge in [0.15, 0.2) is 11.5 Å². The Morgan fingerprint density at radius 1 is 1.14 bits per heavy atom. The Kier molecular flexibility index (Phi) is 5.75. The van der Waals surface area contributed by atoms with Crippen LogP contribution in [0.3, 0.4) is 0 Å². The van der Waals surface area contributed by atoms with Gasteiger partial charge in [0.05, 0.1) is 23.8 Å². The number of phenolic OH excluding ortho intramolecular Hbond substituents is 1. The molecule has 3 aromatic rings. The third kappa shape index (κ3) is 4.07. The summed E-state index contributed by atoms with van der Waals surface area (Å²) in [7, 11) is 1.55. The number of carbonyl (C=O) groups is 1. The van der Waals surface area contributed by atoms with E-state index in [0.717, 1.165) is 53.2 Å². The zero-order chi connectivity index (χ0) is 25.7. The number of methoxy groups -OCH3 is 1. The molecule has 3 aliphatic rings. The van der Waals surface area contributed by atoms with Crippen molar-refractivity contribution in [2.75, 3.05) is 25.5 Å². The molecule has 4 heterocycles. The van der Waals surface area contributed by atoms with E-state index in [-0.39, 0.29) is 17.2 Å². The maximum absolute atomic E-state index is 13.4. The predicted octanol–water partition coefficient (Wildman–Crippen LogP) is 6.86. The number of amides is 1. The molecule has 0 aliphatic carbocycles. The van der Waals surface area contributed by atoms with Crippen LogP contribution in [-0.4, -0.2) is 41.7 Å². The van der Waals surface area contributed by atoms with Gasteiger partial charge in [-0.2, -0.15) is 0 Å². The summed E-state index contributed by atoms with van der Waals surface area (Å²) in [4.78, 5) is 16.2. The van der Waals surface area contributed by atoms with Crippen molar-refractivity contribution in [2.45, 2.75) is 38.6 Å². The van der Waals surface area contributed by atoms with Gasteiger partial charge in [0.25, 0.3) is 5.91 Å². The first-order chi connectivity index (χ1) is 17.9. The van der Waals surface area contributed by atoms with Gasteiger partial charge < -0.3 is 24.8 Å². The molecule has 1 aromatic heterocycles. The van der Waals surface area contributed by atoms with Crippen LogP contribution in [0.5, 0.6) is 17.2 Å². The minimum absolute atomic E-state index is 0.0587. The van der Waals surface area contributed by atoms with Crippen LogP contribution < -0.4 is 14.8 Å². The molecular formula is C30H30N2O4S. The average Bonchev–Trinajstić information content (AvgIpc) is 3.36. The predicted molar refractivity (Wildman–Crippen MR) is 149 cm³/mol. The summed E-state index contributed by atoms with van der Waals surface area (Å²) in [5.74, 6) is 1.77. The molecule has 6 nitrogen and oxygen atoms in total. The summed E-state index contributed by atoms with van der Waals surface area (Å²) in [6.07, 6.45) is 9.52. The molecule has 0 spiro atoms. The average molecular weight is 515 g/mol. The summed E-state index contributed by atoms with van der Waals surface area (Å²) in [6.45, 7) is 5.86. The molecule has 2 N–H and O–H groups in total. The number of likely N-dealkylation sites (tertiary alicyclic amines) is 1. The molecule has 37 heavy (non-hydrogen) atoms. The lowest BCUT2D eigenvalue weighted by Crippen LogP contribution is -2.35. The zero-order valence-corrected chi connectivity index (χ0v) is 22.1. The largest absolute Gasteiger partial charge is 0.504 e. The second kappa shape index (κ2) is 8.99. The highest BCUT2D eigenvalue weighted by atomic mass is 32.1. The van der Waals surface area contributed by atoms with Crippen molar-refractivity contribution in [3.8, 4) is 28.4 Å². The molecular weight excluding hydrogens is 484 g/mol. The van der Waals surface area contributed by atoms with E-state index in [4.69, 9.17) is 9.47 Å². The normalized spacial score (nSPS) is 18.4. The number of ether oxygens (including phenoxy) is 2. The smallest absolute Gasteiger partial charge is 0.255 e. The van der Waals surface area contributed by atoms with E-state index < -0.39 is 0 Å². The Morgan fingerprint density at radius 3 is 2.73 bits per heavy atom. The fraction of sp³-hybridized carbons (Fsp3) is 0.300. The minimum Gasteiger partial charge on any atom is -0.504 e. The first kappa shape index (κ1) is 23.7. The number of piperidine rings is 1. The highest BCUT2D eigenvalue weighted by Gasteiger charge is 2.32. The Morgan fingerprint density at radius 2 is 1.95 bits per heavy atom. The third-order valence-electron chi connectivity index (χ3n) is 7.24. The number of nitrogens with zero attached hydrogens (tertiary/aromatic N) is 1. The van der Waals surface area contributed by atoms with Crippen LogP contribution in [0.4, 0.5) is 5.69 Å². The Labute approximate surface area is 220 Å². The standard InChI is InChI=1S/C30H30N2O4S/c1-30(2)13-11-18-21(31-30)8-7-20-26(18)24(36-23-10-9-22(33)28(35-3)27(20)23)17-25-19(12-16-37-25)29(34)32-14-5-4-6-15-32/h7-13,16-17,31,33H,4-6,14-15H2,1-3H3/b24-17-. The summed E-state index contributed by atoms with van der Waals surface area (Å²) in [5, 5.41) is 16.1. The van der Waals surface area contributed by atoms with Gasteiger partial charge in [0.1, 0.15) is 11.5 Å². The Bertz CT molecular complexity index is 1460. The van der Waals surface area contributed by atoms with Crippen LogP contribution in [-0.2, 0) is 0 Å². The van der Waals surface area contributed by atoms with Crippen molar-refractivity contribution in [1.29, 1.82) is 0 Å². The topological polar surface area (TPSA) is 71.0 Å². The summed E-state index contributed by atoms with van der Waals surface area (Å²) < 4.78 is 12.1. The number of thiophene rings is 1. The first-order valence-corrected chi connectivity index (χ1v) is 13.6. The van der Waals surface area contributed by atoms with E-state index in [1.54, 1.807) is 19.2 Å². The first-order valence-electron chi connectivity index (χ1n) is 12.7. The number of carbonyl (C=O) groups excluding carboxylic acids is 1. The third-order valence-corrected chi connectivity index (χ3v) is 8.10. The molecule has 1 saturated heterocycles. The second-order valence-corrected chi connectivity index (χ2v) is 11.2. The Balaban J connectivity index is 1.53. The number of anilines is 1. The second-order valence-electron chi connectivity index (χ2n) is 10.3. The van der Waals surface area contributed by atoms with Gasteiger partial charge in [-0.1, -0.05) is 18.2 Å². The van der Waals surface area contributed by atoms with E-state index in [9.17, 15) is 9.90 Å². The molecule has 190 valence electrons. The maximum Gasteiger partial charge on any atom is 0.255 e. The number of rotatable bonds is 3. The Hall–Kier alpha value is -3.71. The summed E-state index contributed by atoms with van der Waals surface area (Å²) in [5.41, 5.74) is 5.04. The number of benzene rings is 2. The van der Waals surface area contributed by atoms with Gasteiger partial charge in [0.2, 0.25) is 0 Å². The van der Waals surface area contributed by atoms with Crippen molar-refractivity contribution >= 4 is 40.8 Å². The molecule has 1 amide bonds. The lowest BCUT2D eigenvalue weighted by atomic mass is 9.86. The van der Waals surface area contributed by atoms with E-state index in [1.807, 2.05) is 28.5 Å². The fourth-order valence-corrected chi connectivity index (χ4v) is 6.23. The van der Waals surface area contributed by atoms with Crippen LogP contribution in [0.2, 0.25) is 0 Å². The van der Waals surface area contributed by atoms with Gasteiger partial charge in [-0.25, -0.2) is 0 Å². The molecule has 0 saturated carbocycles. The number of hydrogen-bond acceptors (Lipinski definition) is 6. The number of fused-ring (bicyclic) bond motifs is 5. The van der Waals surface area contributed by atoms with E-state index in [1.165, 1.54) is 17.8 Å².